The maximum absolute atomic E-state index is 12.4. The number of carbonyl (C=O) groups is 1. The number of aryl methyl sites for hydroxylation is 1. The van der Waals surface area contributed by atoms with Crippen LogP contribution in [0.2, 0.25) is 0 Å². The van der Waals surface area contributed by atoms with Crippen LogP contribution in [0.3, 0.4) is 0 Å². The van der Waals surface area contributed by atoms with Crippen LogP contribution in [0.15, 0.2) is 22.9 Å². The topological polar surface area (TPSA) is 85.0 Å². The second-order valence-electron chi connectivity index (χ2n) is 6.20. The van der Waals surface area contributed by atoms with Gasteiger partial charge in [0.1, 0.15) is 5.69 Å². The lowest BCUT2D eigenvalue weighted by Crippen LogP contribution is -2.59. The van der Waals surface area contributed by atoms with E-state index in [1.807, 2.05) is 19.3 Å². The van der Waals surface area contributed by atoms with Crippen LogP contribution in [0.4, 0.5) is 0 Å². The molecule has 7 heteroatoms. The molecule has 22 heavy (non-hydrogen) atoms. The van der Waals surface area contributed by atoms with Crippen LogP contribution in [-0.4, -0.2) is 39.0 Å². The molecular formula is C15H19N5O2. The van der Waals surface area contributed by atoms with Crippen LogP contribution < -0.4 is 10.6 Å². The Balaban J connectivity index is 1.48. The van der Waals surface area contributed by atoms with E-state index in [0.29, 0.717) is 17.1 Å². The number of carbonyl (C=O) groups excluding carboxylic acids is 1. The van der Waals surface area contributed by atoms with E-state index >= 15 is 0 Å². The standard InChI is InChI=1S/C15H19N5O2/c1-20-8-4-10(18-20)12-9-11(19-22-12)14(21)17-13-3-7-16-15(13)5-2-6-15/h4,8-9,13,16H,2-3,5-7H2,1H3,(H,17,21). The summed E-state index contributed by atoms with van der Waals surface area (Å²) < 4.78 is 6.92. The zero-order chi connectivity index (χ0) is 15.2. The third-order valence-corrected chi connectivity index (χ3v) is 4.84. The molecule has 0 aromatic carbocycles. The SMILES string of the molecule is Cn1ccc(-c2cc(C(=O)NC3CCNC34CCC4)no2)n1. The minimum atomic E-state index is -0.175. The molecule has 3 heterocycles. The average molecular weight is 301 g/mol. The van der Waals surface area contributed by atoms with Gasteiger partial charge in [0.25, 0.3) is 5.91 Å². The predicted octanol–water partition coefficient (Wildman–Crippen LogP) is 1.09. The molecule has 116 valence electrons. The van der Waals surface area contributed by atoms with Gasteiger partial charge in [-0.1, -0.05) is 5.16 Å². The highest BCUT2D eigenvalue weighted by atomic mass is 16.5. The van der Waals surface area contributed by atoms with Crippen LogP contribution in [0, 0.1) is 0 Å². The van der Waals surface area contributed by atoms with Crippen molar-refractivity contribution < 1.29 is 9.32 Å². The summed E-state index contributed by atoms with van der Waals surface area (Å²) in [5.74, 6) is 0.333. The molecule has 1 spiro atoms. The van der Waals surface area contributed by atoms with Gasteiger partial charge in [-0.3, -0.25) is 9.48 Å². The van der Waals surface area contributed by atoms with Crippen LogP contribution in [0.5, 0.6) is 0 Å². The largest absolute Gasteiger partial charge is 0.354 e. The summed E-state index contributed by atoms with van der Waals surface area (Å²) in [5.41, 5.74) is 1.09. The van der Waals surface area contributed by atoms with Gasteiger partial charge in [0.05, 0.1) is 0 Å². The van der Waals surface area contributed by atoms with Crippen LogP contribution in [0.1, 0.15) is 36.2 Å². The van der Waals surface area contributed by atoms with Crippen molar-refractivity contribution in [1.82, 2.24) is 25.6 Å². The molecule has 4 rings (SSSR count). The number of aromatic nitrogens is 3. The van der Waals surface area contributed by atoms with Gasteiger partial charge in [0, 0.05) is 30.9 Å². The van der Waals surface area contributed by atoms with E-state index in [-0.39, 0.29) is 17.5 Å². The van der Waals surface area contributed by atoms with Crippen molar-refractivity contribution in [3.63, 3.8) is 0 Å². The number of rotatable bonds is 3. The molecule has 2 aliphatic rings. The predicted molar refractivity (Wildman–Crippen MR) is 79.2 cm³/mol. The zero-order valence-corrected chi connectivity index (χ0v) is 12.5. The molecule has 1 unspecified atom stereocenters. The average Bonchev–Trinajstić information content (AvgIpc) is 3.14. The molecule has 1 saturated heterocycles. The molecule has 1 amide bonds. The fourth-order valence-electron chi connectivity index (χ4n) is 3.44. The minimum absolute atomic E-state index is 0.114. The first-order chi connectivity index (χ1) is 10.7. The van der Waals surface area contributed by atoms with Crippen molar-refractivity contribution in [2.24, 2.45) is 7.05 Å². The van der Waals surface area contributed by atoms with Gasteiger partial charge in [-0.05, 0) is 38.3 Å². The third-order valence-electron chi connectivity index (χ3n) is 4.84. The fourth-order valence-corrected chi connectivity index (χ4v) is 3.44. The molecule has 7 nitrogen and oxygen atoms in total. The van der Waals surface area contributed by atoms with Crippen molar-refractivity contribution in [2.45, 2.75) is 37.3 Å². The molecule has 1 aliphatic carbocycles. The summed E-state index contributed by atoms with van der Waals surface area (Å²) in [4.78, 5) is 12.4. The Labute approximate surface area is 128 Å². The van der Waals surface area contributed by atoms with Crippen LogP contribution in [-0.2, 0) is 7.05 Å². The summed E-state index contributed by atoms with van der Waals surface area (Å²) in [6, 6.07) is 3.66. The van der Waals surface area contributed by atoms with E-state index in [1.54, 1.807) is 10.7 Å². The normalized spacial score (nSPS) is 22.7. The lowest BCUT2D eigenvalue weighted by Gasteiger charge is -2.43. The van der Waals surface area contributed by atoms with Crippen molar-refractivity contribution in [3.05, 3.63) is 24.0 Å². The van der Waals surface area contributed by atoms with E-state index in [9.17, 15) is 4.79 Å². The van der Waals surface area contributed by atoms with Crippen molar-refractivity contribution in [3.8, 4) is 11.5 Å². The molecule has 2 fully saturated rings. The van der Waals surface area contributed by atoms with Gasteiger partial charge < -0.3 is 15.2 Å². The van der Waals surface area contributed by atoms with Gasteiger partial charge in [-0.15, -0.1) is 0 Å². The maximum atomic E-state index is 12.4. The van der Waals surface area contributed by atoms with Crippen LogP contribution in [0.25, 0.3) is 11.5 Å². The summed E-state index contributed by atoms with van der Waals surface area (Å²) >= 11 is 0. The van der Waals surface area contributed by atoms with Gasteiger partial charge in [-0.25, -0.2) is 0 Å². The monoisotopic (exact) mass is 301 g/mol. The minimum Gasteiger partial charge on any atom is -0.354 e. The lowest BCUT2D eigenvalue weighted by atomic mass is 9.73. The highest BCUT2D eigenvalue weighted by molar-refractivity contribution is 5.93. The molecule has 1 saturated carbocycles. The number of nitrogens with zero attached hydrogens (tertiary/aromatic N) is 3. The Hall–Kier alpha value is -2.15. The zero-order valence-electron chi connectivity index (χ0n) is 12.5. The first-order valence-corrected chi connectivity index (χ1v) is 7.69. The van der Waals surface area contributed by atoms with Gasteiger partial charge >= 0.3 is 0 Å². The second-order valence-corrected chi connectivity index (χ2v) is 6.20. The molecule has 0 radical (unpaired) electrons. The Bertz CT molecular complexity index is 700. The molecule has 0 bridgehead atoms. The van der Waals surface area contributed by atoms with Crippen LogP contribution >= 0.6 is 0 Å². The quantitative estimate of drug-likeness (QED) is 0.886. The fraction of sp³-hybridized carbons (Fsp3) is 0.533. The van der Waals surface area contributed by atoms with Gasteiger partial charge in [-0.2, -0.15) is 5.10 Å². The molecule has 2 aromatic heterocycles. The molecule has 2 aromatic rings. The van der Waals surface area contributed by atoms with Gasteiger partial charge in [0.2, 0.25) is 0 Å². The van der Waals surface area contributed by atoms with E-state index in [0.717, 1.165) is 25.8 Å². The van der Waals surface area contributed by atoms with E-state index < -0.39 is 0 Å². The molecule has 1 aliphatic heterocycles. The summed E-state index contributed by atoms with van der Waals surface area (Å²) in [7, 11) is 1.83. The number of hydrogen-bond acceptors (Lipinski definition) is 5. The summed E-state index contributed by atoms with van der Waals surface area (Å²) in [6.07, 6.45) is 6.29. The Kier molecular flexibility index (Phi) is 3.04. The third kappa shape index (κ3) is 2.12. The molecule has 1 atom stereocenters. The number of hydrogen-bond donors (Lipinski definition) is 2. The van der Waals surface area contributed by atoms with Gasteiger partial charge in [0.15, 0.2) is 11.5 Å². The first kappa shape index (κ1) is 13.5. The van der Waals surface area contributed by atoms with Crippen molar-refractivity contribution in [2.75, 3.05) is 6.54 Å². The van der Waals surface area contributed by atoms with E-state index in [1.165, 1.54) is 6.42 Å². The smallest absolute Gasteiger partial charge is 0.273 e. The summed E-state index contributed by atoms with van der Waals surface area (Å²) in [6.45, 7) is 0.961. The van der Waals surface area contributed by atoms with Crippen molar-refractivity contribution in [1.29, 1.82) is 0 Å². The Morgan fingerprint density at radius 1 is 1.55 bits per heavy atom. The maximum Gasteiger partial charge on any atom is 0.273 e. The molecule has 2 N–H and O–H groups in total. The van der Waals surface area contributed by atoms with Crippen molar-refractivity contribution >= 4 is 5.91 Å². The number of amides is 1. The second kappa shape index (κ2) is 4.95. The first-order valence-electron chi connectivity index (χ1n) is 7.69. The summed E-state index contributed by atoms with van der Waals surface area (Å²) in [5, 5.41) is 14.8. The Morgan fingerprint density at radius 3 is 3.09 bits per heavy atom. The van der Waals surface area contributed by atoms with E-state index in [2.05, 4.69) is 20.9 Å². The Morgan fingerprint density at radius 2 is 2.41 bits per heavy atom. The number of nitrogens with one attached hydrogen (secondary N) is 2. The van der Waals surface area contributed by atoms with E-state index in [4.69, 9.17) is 4.52 Å². The highest BCUT2D eigenvalue weighted by Gasteiger charge is 2.47. The molecular weight excluding hydrogens is 282 g/mol. The lowest BCUT2D eigenvalue weighted by molar-refractivity contribution is 0.0872. The highest BCUT2D eigenvalue weighted by Crippen LogP contribution is 2.39.